The number of rotatable bonds is 11. The molecule has 1 aliphatic carbocycles. The van der Waals surface area contributed by atoms with E-state index < -0.39 is 12.2 Å². The molecule has 0 heterocycles. The van der Waals surface area contributed by atoms with Crippen molar-refractivity contribution in [3.05, 3.63) is 48.0 Å². The molecule has 0 bridgehead atoms. The van der Waals surface area contributed by atoms with Crippen LogP contribution in [0.5, 0.6) is 0 Å². The largest absolute Gasteiger partial charge is 0.468 e. The van der Waals surface area contributed by atoms with E-state index in [1.807, 2.05) is 30.3 Å². The highest BCUT2D eigenvalue weighted by Gasteiger charge is 2.40. The fourth-order valence-corrected chi connectivity index (χ4v) is 5.38. The molecule has 0 aromatic heterocycles. The van der Waals surface area contributed by atoms with Crippen molar-refractivity contribution < 1.29 is 24.5 Å². The number of carbonyl (C=O) groups excluding carboxylic acids is 2. The Morgan fingerprint density at radius 3 is 2.79 bits per heavy atom. The fraction of sp³-hybridized carbons (Fsp3) is 0.524. The Bertz CT molecular complexity index is 649. The van der Waals surface area contributed by atoms with Crippen LogP contribution < -0.4 is 0 Å². The first kappa shape index (κ1) is 23.0. The van der Waals surface area contributed by atoms with Gasteiger partial charge in [0, 0.05) is 18.8 Å². The summed E-state index contributed by atoms with van der Waals surface area (Å²) in [4.78, 5) is 23.3. The van der Waals surface area contributed by atoms with Gasteiger partial charge >= 0.3 is 5.97 Å². The van der Waals surface area contributed by atoms with Gasteiger partial charge in [0.1, 0.15) is 5.78 Å². The zero-order valence-electron chi connectivity index (χ0n) is 16.0. The van der Waals surface area contributed by atoms with Gasteiger partial charge in [0.15, 0.2) is 0 Å². The summed E-state index contributed by atoms with van der Waals surface area (Å²) in [6.45, 7) is 0. The molecule has 1 fully saturated rings. The minimum absolute atomic E-state index is 0.0620. The zero-order chi connectivity index (χ0) is 20.4. The minimum atomic E-state index is -0.695. The van der Waals surface area contributed by atoms with Crippen LogP contribution in [0.4, 0.5) is 0 Å². The van der Waals surface area contributed by atoms with Gasteiger partial charge in [-0.3, -0.25) is 9.59 Å². The van der Waals surface area contributed by atoms with E-state index in [0.29, 0.717) is 12.2 Å². The molecule has 0 spiro atoms. The lowest BCUT2D eigenvalue weighted by molar-refractivity contribution is -0.137. The lowest BCUT2D eigenvalue weighted by Gasteiger charge is -2.17. The summed E-state index contributed by atoms with van der Waals surface area (Å²) < 4.78 is 4.60. The molecule has 1 aromatic carbocycles. The highest BCUT2D eigenvalue weighted by molar-refractivity contribution is 8.01. The number of aliphatic hydroxyl groups is 2. The molecule has 28 heavy (non-hydrogen) atoms. The highest BCUT2D eigenvalue weighted by atomic mass is 32.2. The number of methoxy groups -OCH3 is 1. The smallest absolute Gasteiger partial charge is 0.315 e. The molecule has 154 valence electrons. The van der Waals surface area contributed by atoms with Crippen molar-refractivity contribution in [3.63, 3.8) is 0 Å². The van der Waals surface area contributed by atoms with Crippen LogP contribution in [0.3, 0.4) is 0 Å². The molecule has 1 aromatic rings. The van der Waals surface area contributed by atoms with Gasteiger partial charge in [-0.15, -0.1) is 11.8 Å². The topological polar surface area (TPSA) is 83.8 Å². The Hall–Kier alpha value is -1.28. The van der Waals surface area contributed by atoms with Gasteiger partial charge in [0.25, 0.3) is 0 Å². The standard InChI is InChI=1S/C21H28O5S2/c1-26-20(25)14-27-10-5-11-28-21-17(18(23)13-19(21)24)9-8-16(22)12-15-6-3-2-4-7-15/h2-4,6-9,16-18,21-23H,5,10-14H2,1H3/t16?,17-,18+,21?/m0/s1. The lowest BCUT2D eigenvalue weighted by atomic mass is 10.0. The van der Waals surface area contributed by atoms with E-state index in [0.717, 1.165) is 23.5 Å². The number of esters is 1. The molecule has 1 aliphatic rings. The molecule has 0 radical (unpaired) electrons. The summed E-state index contributed by atoms with van der Waals surface area (Å²) in [5.74, 6) is 1.51. The zero-order valence-corrected chi connectivity index (χ0v) is 17.7. The molecule has 5 nitrogen and oxygen atoms in total. The van der Waals surface area contributed by atoms with Crippen LogP contribution in [0.25, 0.3) is 0 Å². The summed E-state index contributed by atoms with van der Waals surface area (Å²) in [7, 11) is 1.38. The van der Waals surface area contributed by atoms with Gasteiger partial charge in [0.2, 0.25) is 0 Å². The van der Waals surface area contributed by atoms with E-state index in [1.54, 1.807) is 23.9 Å². The third-order valence-corrected chi connectivity index (χ3v) is 7.02. The maximum Gasteiger partial charge on any atom is 0.315 e. The summed E-state index contributed by atoms with van der Waals surface area (Å²) in [5, 5.41) is 20.2. The molecule has 7 heteroatoms. The number of hydrogen-bond acceptors (Lipinski definition) is 7. The minimum Gasteiger partial charge on any atom is -0.468 e. The van der Waals surface area contributed by atoms with Crippen molar-refractivity contribution >= 4 is 35.3 Å². The molecule has 2 N–H and O–H groups in total. The number of carbonyl (C=O) groups is 2. The third kappa shape index (κ3) is 7.62. The first-order valence-electron chi connectivity index (χ1n) is 9.38. The van der Waals surface area contributed by atoms with E-state index in [2.05, 4.69) is 4.74 Å². The molecule has 4 atom stereocenters. The number of Topliss-reactive ketones (excluding diaryl/α,β-unsaturated/α-hetero) is 1. The average molecular weight is 425 g/mol. The summed E-state index contributed by atoms with van der Waals surface area (Å²) in [6, 6.07) is 9.72. The quantitative estimate of drug-likeness (QED) is 0.321. The Morgan fingerprint density at radius 2 is 2.07 bits per heavy atom. The van der Waals surface area contributed by atoms with Crippen LogP contribution in [-0.4, -0.2) is 63.8 Å². The SMILES string of the molecule is COC(=O)CSCCCSC1C(=O)C[C@@H](O)[C@@H]1C=CC(O)Cc1ccccc1. The molecule has 0 amide bonds. The fourth-order valence-electron chi connectivity index (χ4n) is 3.07. The molecule has 0 saturated heterocycles. The molecular formula is C21H28O5S2. The second-order valence-corrected chi connectivity index (χ2v) is 9.09. The van der Waals surface area contributed by atoms with Crippen molar-refractivity contribution in [1.82, 2.24) is 0 Å². The number of hydrogen-bond donors (Lipinski definition) is 2. The summed E-state index contributed by atoms with van der Waals surface area (Å²) >= 11 is 3.07. The van der Waals surface area contributed by atoms with E-state index in [1.165, 1.54) is 18.9 Å². The van der Waals surface area contributed by atoms with Crippen LogP contribution in [-0.2, 0) is 20.7 Å². The first-order valence-corrected chi connectivity index (χ1v) is 11.6. The van der Waals surface area contributed by atoms with Crippen molar-refractivity contribution in [2.24, 2.45) is 5.92 Å². The maximum atomic E-state index is 12.2. The van der Waals surface area contributed by atoms with E-state index >= 15 is 0 Å². The second-order valence-electron chi connectivity index (χ2n) is 6.73. The molecule has 2 rings (SSSR count). The predicted octanol–water partition coefficient (Wildman–Crippen LogP) is 2.49. The Kier molecular flexibility index (Phi) is 10.1. The first-order chi connectivity index (χ1) is 13.5. The molecule has 1 saturated carbocycles. The monoisotopic (exact) mass is 424 g/mol. The second kappa shape index (κ2) is 12.3. The Morgan fingerprint density at radius 1 is 1.32 bits per heavy atom. The van der Waals surface area contributed by atoms with Crippen molar-refractivity contribution in [1.29, 1.82) is 0 Å². The van der Waals surface area contributed by atoms with Gasteiger partial charge in [0.05, 0.1) is 30.3 Å². The predicted molar refractivity (Wildman–Crippen MR) is 115 cm³/mol. The number of benzene rings is 1. The Balaban J connectivity index is 1.79. The number of ketones is 1. The number of thioether (sulfide) groups is 2. The van der Waals surface area contributed by atoms with Gasteiger partial charge < -0.3 is 14.9 Å². The molecular weight excluding hydrogens is 396 g/mol. The maximum absolute atomic E-state index is 12.2. The summed E-state index contributed by atoms with van der Waals surface area (Å²) in [5.41, 5.74) is 1.04. The van der Waals surface area contributed by atoms with Crippen molar-refractivity contribution in [3.8, 4) is 0 Å². The van der Waals surface area contributed by atoms with Crippen LogP contribution in [0.1, 0.15) is 18.4 Å². The van der Waals surface area contributed by atoms with Crippen molar-refractivity contribution in [2.75, 3.05) is 24.4 Å². The van der Waals surface area contributed by atoms with E-state index in [-0.39, 0.29) is 29.3 Å². The van der Waals surface area contributed by atoms with Gasteiger partial charge in [-0.2, -0.15) is 11.8 Å². The van der Waals surface area contributed by atoms with E-state index in [9.17, 15) is 19.8 Å². The molecule has 0 aliphatic heterocycles. The van der Waals surface area contributed by atoms with Gasteiger partial charge in [-0.1, -0.05) is 42.5 Å². The van der Waals surface area contributed by atoms with Gasteiger partial charge in [-0.25, -0.2) is 0 Å². The third-order valence-electron chi connectivity index (χ3n) is 4.54. The molecule has 2 unspecified atom stereocenters. The van der Waals surface area contributed by atoms with Gasteiger partial charge in [-0.05, 0) is 23.5 Å². The Labute approximate surface area is 174 Å². The average Bonchev–Trinajstić information content (AvgIpc) is 2.96. The van der Waals surface area contributed by atoms with Crippen LogP contribution in [0, 0.1) is 5.92 Å². The lowest BCUT2D eigenvalue weighted by Crippen LogP contribution is -2.22. The van der Waals surface area contributed by atoms with Crippen LogP contribution >= 0.6 is 23.5 Å². The van der Waals surface area contributed by atoms with Crippen LogP contribution in [0.2, 0.25) is 0 Å². The van der Waals surface area contributed by atoms with Crippen molar-refractivity contribution in [2.45, 2.75) is 36.7 Å². The summed E-state index contributed by atoms with van der Waals surface area (Å²) in [6.07, 6.45) is 3.69. The number of aliphatic hydroxyl groups excluding tert-OH is 2. The van der Waals surface area contributed by atoms with E-state index in [4.69, 9.17) is 0 Å². The number of ether oxygens (including phenoxy) is 1. The highest BCUT2D eigenvalue weighted by Crippen LogP contribution is 2.34. The van der Waals surface area contributed by atoms with Crippen LogP contribution in [0.15, 0.2) is 42.5 Å². The normalized spacial score (nSPS) is 23.2.